The summed E-state index contributed by atoms with van der Waals surface area (Å²) in [5, 5.41) is 17.6. The van der Waals surface area contributed by atoms with Crippen LogP contribution in [-0.2, 0) is 37.4 Å². The SMILES string of the molecule is Cc1nc2n(n1)CC(=O)N[C@H](C)C(=O)N[C@@H](C(C)C)CN(S(=O)(=O)c1c(C)nn(-c3ccccc3)c1C)CC(=O)N[C@H]2Cc1ccccc1. The molecular formula is C34H43N9O5S. The topological polar surface area (TPSA) is 173 Å². The monoisotopic (exact) mass is 689 g/mol. The Morgan fingerprint density at radius 3 is 2.14 bits per heavy atom. The van der Waals surface area contributed by atoms with Crippen LogP contribution in [0.1, 0.15) is 55.4 Å². The van der Waals surface area contributed by atoms with Crippen LogP contribution in [0.5, 0.6) is 0 Å². The highest BCUT2D eigenvalue weighted by molar-refractivity contribution is 7.89. The van der Waals surface area contributed by atoms with E-state index in [1.807, 2.05) is 74.5 Å². The van der Waals surface area contributed by atoms with Crippen LogP contribution in [0.4, 0.5) is 0 Å². The molecule has 2 aromatic carbocycles. The lowest BCUT2D eigenvalue weighted by Crippen LogP contribution is -2.54. The van der Waals surface area contributed by atoms with Crippen LogP contribution >= 0.6 is 0 Å². The van der Waals surface area contributed by atoms with E-state index >= 15 is 0 Å². The van der Waals surface area contributed by atoms with Crippen molar-refractivity contribution in [1.82, 2.24) is 44.8 Å². The molecule has 3 atom stereocenters. The maximum absolute atomic E-state index is 14.6. The molecule has 260 valence electrons. The van der Waals surface area contributed by atoms with E-state index in [9.17, 15) is 22.8 Å². The molecule has 0 saturated heterocycles. The first-order valence-electron chi connectivity index (χ1n) is 16.2. The number of carbonyl (C=O) groups is 3. The predicted octanol–water partition coefficient (Wildman–Crippen LogP) is 2.14. The van der Waals surface area contributed by atoms with Gasteiger partial charge in [0.15, 0.2) is 5.82 Å². The summed E-state index contributed by atoms with van der Waals surface area (Å²) < 4.78 is 33.3. The maximum Gasteiger partial charge on any atom is 0.247 e. The number of nitrogens with zero attached hydrogens (tertiary/aromatic N) is 6. The van der Waals surface area contributed by atoms with Crippen LogP contribution in [0, 0.1) is 26.7 Å². The first kappa shape index (κ1) is 35.4. The summed E-state index contributed by atoms with van der Waals surface area (Å²) >= 11 is 0. The van der Waals surface area contributed by atoms with Gasteiger partial charge < -0.3 is 16.0 Å². The van der Waals surface area contributed by atoms with Crippen molar-refractivity contribution in [2.24, 2.45) is 5.92 Å². The van der Waals surface area contributed by atoms with Gasteiger partial charge in [-0.05, 0) is 57.7 Å². The van der Waals surface area contributed by atoms with Gasteiger partial charge in [-0.3, -0.25) is 14.4 Å². The Morgan fingerprint density at radius 1 is 0.857 bits per heavy atom. The van der Waals surface area contributed by atoms with Crippen molar-refractivity contribution in [3.05, 3.63) is 89.3 Å². The third-order valence-corrected chi connectivity index (χ3v) is 10.5. The maximum atomic E-state index is 14.6. The van der Waals surface area contributed by atoms with Gasteiger partial charge in [-0.2, -0.15) is 14.5 Å². The summed E-state index contributed by atoms with van der Waals surface area (Å²) in [5.74, 6) is -1.09. The summed E-state index contributed by atoms with van der Waals surface area (Å²) in [4.78, 5) is 45.1. The van der Waals surface area contributed by atoms with E-state index in [2.05, 4.69) is 31.1 Å². The van der Waals surface area contributed by atoms with Crippen LogP contribution in [0.2, 0.25) is 0 Å². The summed E-state index contributed by atoms with van der Waals surface area (Å²) in [5.41, 5.74) is 2.22. The number of fused-ring (bicyclic) bond motifs is 1. The molecule has 0 fully saturated rings. The van der Waals surface area contributed by atoms with Crippen molar-refractivity contribution in [2.75, 3.05) is 13.1 Å². The zero-order valence-electron chi connectivity index (χ0n) is 28.5. The number of hydrogen-bond acceptors (Lipinski definition) is 8. The minimum atomic E-state index is -4.36. The number of aryl methyl sites for hydroxylation is 2. The summed E-state index contributed by atoms with van der Waals surface area (Å²) in [6.45, 7) is 9.20. The van der Waals surface area contributed by atoms with Crippen molar-refractivity contribution in [3.8, 4) is 5.69 Å². The Labute approximate surface area is 286 Å². The number of sulfonamides is 1. The predicted molar refractivity (Wildman–Crippen MR) is 182 cm³/mol. The highest BCUT2D eigenvalue weighted by Crippen LogP contribution is 2.27. The van der Waals surface area contributed by atoms with Gasteiger partial charge in [-0.25, -0.2) is 22.8 Å². The smallest absolute Gasteiger partial charge is 0.247 e. The van der Waals surface area contributed by atoms with Crippen LogP contribution in [0.15, 0.2) is 65.6 Å². The Kier molecular flexibility index (Phi) is 10.6. The Morgan fingerprint density at radius 2 is 1.49 bits per heavy atom. The van der Waals surface area contributed by atoms with Gasteiger partial charge >= 0.3 is 0 Å². The second-order valence-corrected chi connectivity index (χ2v) is 14.6. The fraction of sp³-hybridized carbons (Fsp3) is 0.412. The molecule has 14 nitrogen and oxygen atoms in total. The first-order chi connectivity index (χ1) is 23.2. The lowest BCUT2D eigenvalue weighted by molar-refractivity contribution is -0.129. The standard InChI is InChI=1S/C34H43N9O5S/c1-21(2)29-18-41(49(47,48)32-22(3)39-43(24(32)5)27-15-11-8-12-16-27)19-30(44)37-28(17-26-13-9-7-10-14-26)33-36-25(6)40-42(33)20-31(45)35-23(4)34(46)38-29/h7-16,21,23,28-29H,17-20H2,1-6H3,(H,35,45)(H,37,44)(H,38,46)/t23-,28+,29-/m1/s1. The van der Waals surface area contributed by atoms with Gasteiger partial charge in [0.2, 0.25) is 27.7 Å². The molecule has 0 bridgehead atoms. The third kappa shape index (κ3) is 8.05. The number of aromatic nitrogens is 5. The number of rotatable bonds is 6. The van der Waals surface area contributed by atoms with Gasteiger partial charge in [-0.1, -0.05) is 62.4 Å². The molecule has 2 aromatic heterocycles. The van der Waals surface area contributed by atoms with Crippen LogP contribution in [0.3, 0.4) is 0 Å². The minimum Gasteiger partial charge on any atom is -0.350 e. The van der Waals surface area contributed by atoms with Gasteiger partial charge in [-0.15, -0.1) is 0 Å². The van der Waals surface area contributed by atoms with Crippen molar-refractivity contribution >= 4 is 27.7 Å². The Bertz CT molecular complexity index is 1920. The molecular weight excluding hydrogens is 646 g/mol. The van der Waals surface area contributed by atoms with E-state index in [0.29, 0.717) is 29.5 Å². The number of nitrogens with one attached hydrogen (secondary N) is 3. The lowest BCUT2D eigenvalue weighted by Gasteiger charge is -2.30. The number of hydrogen-bond donors (Lipinski definition) is 3. The lowest BCUT2D eigenvalue weighted by atomic mass is 10.0. The number of amides is 3. The molecule has 49 heavy (non-hydrogen) atoms. The summed E-state index contributed by atoms with van der Waals surface area (Å²) in [6, 6.07) is 16.2. The molecule has 5 rings (SSSR count). The van der Waals surface area contributed by atoms with E-state index in [1.54, 1.807) is 32.4 Å². The number of carbonyl (C=O) groups excluding carboxylic acids is 3. The zero-order valence-corrected chi connectivity index (χ0v) is 29.4. The second kappa shape index (κ2) is 14.7. The van der Waals surface area contributed by atoms with E-state index in [1.165, 1.54) is 4.68 Å². The molecule has 0 saturated carbocycles. The molecule has 3 amide bonds. The summed E-state index contributed by atoms with van der Waals surface area (Å²) in [6.07, 6.45) is 0.298. The van der Waals surface area contributed by atoms with Crippen molar-refractivity contribution < 1.29 is 22.8 Å². The molecule has 3 N–H and O–H groups in total. The molecule has 15 heteroatoms. The normalized spacial score (nSPS) is 20.1. The molecule has 4 aromatic rings. The number of para-hydroxylation sites is 1. The quantitative estimate of drug-likeness (QED) is 0.276. The van der Waals surface area contributed by atoms with Crippen molar-refractivity contribution in [1.29, 1.82) is 0 Å². The van der Waals surface area contributed by atoms with Crippen molar-refractivity contribution in [2.45, 2.75) is 77.5 Å². The van der Waals surface area contributed by atoms with E-state index in [4.69, 9.17) is 0 Å². The Hall–Kier alpha value is -4.89. The fourth-order valence-electron chi connectivity index (χ4n) is 5.94. The third-order valence-electron chi connectivity index (χ3n) is 8.48. The second-order valence-electron chi connectivity index (χ2n) is 12.7. The largest absolute Gasteiger partial charge is 0.350 e. The minimum absolute atomic E-state index is 0.0206. The van der Waals surface area contributed by atoms with Gasteiger partial charge in [0.25, 0.3) is 0 Å². The van der Waals surface area contributed by atoms with E-state index < -0.39 is 52.4 Å². The fourth-order valence-corrected chi connectivity index (χ4v) is 7.72. The molecule has 0 unspecified atom stereocenters. The molecule has 0 aliphatic carbocycles. The summed E-state index contributed by atoms with van der Waals surface area (Å²) in [7, 11) is -4.36. The molecule has 0 radical (unpaired) electrons. The molecule has 3 heterocycles. The Balaban J connectivity index is 1.59. The van der Waals surface area contributed by atoms with Crippen LogP contribution < -0.4 is 16.0 Å². The van der Waals surface area contributed by atoms with Gasteiger partial charge in [0, 0.05) is 12.6 Å². The van der Waals surface area contributed by atoms with Gasteiger partial charge in [0.05, 0.1) is 29.7 Å². The van der Waals surface area contributed by atoms with E-state index in [0.717, 1.165) is 9.87 Å². The molecule has 1 aliphatic rings. The molecule has 1 aliphatic heterocycles. The first-order valence-corrected chi connectivity index (χ1v) is 17.6. The average Bonchev–Trinajstić information content (AvgIpc) is 3.57. The highest BCUT2D eigenvalue weighted by Gasteiger charge is 2.36. The highest BCUT2D eigenvalue weighted by atomic mass is 32.2. The van der Waals surface area contributed by atoms with Crippen molar-refractivity contribution in [3.63, 3.8) is 0 Å². The van der Waals surface area contributed by atoms with Gasteiger partial charge in [0.1, 0.15) is 23.3 Å². The number of benzene rings is 2. The van der Waals surface area contributed by atoms with Crippen LogP contribution in [0.25, 0.3) is 5.69 Å². The zero-order chi connectivity index (χ0) is 35.5. The van der Waals surface area contributed by atoms with E-state index in [-0.39, 0.29) is 29.6 Å². The molecule has 0 spiro atoms. The van der Waals surface area contributed by atoms with Crippen LogP contribution in [-0.4, -0.2) is 80.2 Å². The average molecular weight is 690 g/mol.